The zero-order valence-corrected chi connectivity index (χ0v) is 11.5. The van der Waals surface area contributed by atoms with Gasteiger partial charge in [-0.1, -0.05) is 48.6 Å². The van der Waals surface area contributed by atoms with Crippen LogP contribution in [0.2, 0.25) is 0 Å². The van der Waals surface area contributed by atoms with Crippen LogP contribution in [-0.2, 0) is 6.42 Å². The highest BCUT2D eigenvalue weighted by molar-refractivity contribution is 7.09. The number of thiophene rings is 1. The van der Waals surface area contributed by atoms with Crippen molar-refractivity contribution in [2.24, 2.45) is 0 Å². The Balaban J connectivity index is 1.70. The third-order valence-corrected chi connectivity index (χ3v) is 3.68. The molecule has 0 saturated heterocycles. The summed E-state index contributed by atoms with van der Waals surface area (Å²) >= 11 is 1.83. The molecule has 0 fully saturated rings. The lowest BCUT2D eigenvalue weighted by Gasteiger charge is -2.10. The Hall–Kier alpha value is -1.38. The number of nitrogens with one attached hydrogen (secondary N) is 1. The van der Waals surface area contributed by atoms with E-state index in [4.69, 9.17) is 0 Å². The summed E-state index contributed by atoms with van der Waals surface area (Å²) < 4.78 is 0. The Bertz CT molecular complexity index is 459. The summed E-state index contributed by atoms with van der Waals surface area (Å²) in [4.78, 5) is 1.45. The monoisotopic (exact) mass is 257 g/mol. The number of hydrogen-bond acceptors (Lipinski definition) is 2. The van der Waals surface area contributed by atoms with Crippen LogP contribution in [0.1, 0.15) is 17.4 Å². The number of rotatable bonds is 6. The molecule has 2 aromatic rings. The van der Waals surface area contributed by atoms with Gasteiger partial charge in [0, 0.05) is 17.5 Å². The van der Waals surface area contributed by atoms with Crippen LogP contribution in [0.4, 0.5) is 0 Å². The molecule has 2 rings (SSSR count). The van der Waals surface area contributed by atoms with Gasteiger partial charge >= 0.3 is 0 Å². The highest BCUT2D eigenvalue weighted by atomic mass is 32.1. The van der Waals surface area contributed by atoms with E-state index in [-0.39, 0.29) is 0 Å². The standard InChI is InChI=1S/C16H19NS/c1-14(13-16-10-6-12-18-16)17-11-5-9-15-7-3-2-4-8-15/h2-10,12,14,17H,11,13H2,1H3. The van der Waals surface area contributed by atoms with E-state index in [9.17, 15) is 0 Å². The molecule has 0 bridgehead atoms. The van der Waals surface area contributed by atoms with Crippen LogP contribution in [0, 0.1) is 0 Å². The van der Waals surface area contributed by atoms with Gasteiger partial charge in [0.2, 0.25) is 0 Å². The largest absolute Gasteiger partial charge is 0.310 e. The fourth-order valence-corrected chi connectivity index (χ4v) is 2.67. The Labute approximate surface area is 113 Å². The summed E-state index contributed by atoms with van der Waals surface area (Å²) in [6, 6.07) is 15.2. The van der Waals surface area contributed by atoms with E-state index in [1.165, 1.54) is 10.4 Å². The zero-order chi connectivity index (χ0) is 12.6. The summed E-state index contributed by atoms with van der Waals surface area (Å²) in [6.07, 6.45) is 5.45. The van der Waals surface area contributed by atoms with Crippen LogP contribution < -0.4 is 5.32 Å². The first-order valence-corrected chi connectivity index (χ1v) is 7.20. The third kappa shape index (κ3) is 4.47. The minimum atomic E-state index is 0.518. The highest BCUT2D eigenvalue weighted by Gasteiger charge is 2.01. The molecule has 1 unspecified atom stereocenters. The van der Waals surface area contributed by atoms with Crippen LogP contribution in [0.3, 0.4) is 0 Å². The summed E-state index contributed by atoms with van der Waals surface area (Å²) in [5.41, 5.74) is 1.25. The first kappa shape index (κ1) is 13.1. The smallest absolute Gasteiger partial charge is 0.0140 e. The quantitative estimate of drug-likeness (QED) is 0.825. The van der Waals surface area contributed by atoms with Crippen molar-refractivity contribution in [3.63, 3.8) is 0 Å². The van der Waals surface area contributed by atoms with Gasteiger partial charge in [0.1, 0.15) is 0 Å². The van der Waals surface area contributed by atoms with Gasteiger partial charge in [-0.2, -0.15) is 0 Å². The molecular formula is C16H19NS. The van der Waals surface area contributed by atoms with Crippen molar-refractivity contribution in [1.82, 2.24) is 5.32 Å². The average Bonchev–Trinajstić information content (AvgIpc) is 2.89. The first-order chi connectivity index (χ1) is 8.84. The zero-order valence-electron chi connectivity index (χ0n) is 10.7. The van der Waals surface area contributed by atoms with Crippen molar-refractivity contribution >= 4 is 17.4 Å². The maximum absolute atomic E-state index is 3.51. The predicted molar refractivity (Wildman–Crippen MR) is 81.0 cm³/mol. The van der Waals surface area contributed by atoms with Gasteiger partial charge in [0.25, 0.3) is 0 Å². The van der Waals surface area contributed by atoms with Crippen LogP contribution in [0.5, 0.6) is 0 Å². The molecule has 0 saturated carbocycles. The van der Waals surface area contributed by atoms with Gasteiger partial charge in [-0.25, -0.2) is 0 Å². The summed E-state index contributed by atoms with van der Waals surface area (Å²) in [5.74, 6) is 0. The van der Waals surface area contributed by atoms with Crippen LogP contribution in [0.15, 0.2) is 53.9 Å². The van der Waals surface area contributed by atoms with Crippen molar-refractivity contribution in [2.75, 3.05) is 6.54 Å². The first-order valence-electron chi connectivity index (χ1n) is 6.32. The lowest BCUT2D eigenvalue weighted by Crippen LogP contribution is -2.27. The normalized spacial score (nSPS) is 12.9. The minimum Gasteiger partial charge on any atom is -0.310 e. The second-order valence-electron chi connectivity index (χ2n) is 4.41. The Morgan fingerprint density at radius 1 is 1.17 bits per heavy atom. The van der Waals surface area contributed by atoms with Crippen molar-refractivity contribution in [3.8, 4) is 0 Å². The molecule has 1 aromatic carbocycles. The summed E-state index contributed by atoms with van der Waals surface area (Å²) in [6.45, 7) is 3.15. The second kappa shape index (κ2) is 7.14. The predicted octanol–water partition coefficient (Wildman–Crippen LogP) is 3.98. The highest BCUT2D eigenvalue weighted by Crippen LogP contribution is 2.10. The molecule has 18 heavy (non-hydrogen) atoms. The van der Waals surface area contributed by atoms with E-state index in [1.807, 2.05) is 17.4 Å². The molecule has 1 aromatic heterocycles. The Morgan fingerprint density at radius 2 is 2.00 bits per heavy atom. The molecule has 1 N–H and O–H groups in total. The van der Waals surface area contributed by atoms with E-state index >= 15 is 0 Å². The van der Waals surface area contributed by atoms with Crippen LogP contribution in [0.25, 0.3) is 6.08 Å². The molecule has 0 radical (unpaired) electrons. The minimum absolute atomic E-state index is 0.518. The van der Waals surface area contributed by atoms with Crippen molar-refractivity contribution in [2.45, 2.75) is 19.4 Å². The fraction of sp³-hybridized carbons (Fsp3) is 0.250. The van der Waals surface area contributed by atoms with E-state index in [0.29, 0.717) is 6.04 Å². The van der Waals surface area contributed by atoms with Gasteiger partial charge in [0.05, 0.1) is 0 Å². The fourth-order valence-electron chi connectivity index (χ4n) is 1.83. The molecule has 0 spiro atoms. The van der Waals surface area contributed by atoms with Crippen molar-refractivity contribution in [1.29, 1.82) is 0 Å². The molecule has 0 amide bonds. The molecule has 1 nitrogen and oxygen atoms in total. The molecule has 1 atom stereocenters. The number of benzene rings is 1. The van der Waals surface area contributed by atoms with E-state index < -0.39 is 0 Å². The third-order valence-electron chi connectivity index (χ3n) is 2.78. The van der Waals surface area contributed by atoms with Gasteiger partial charge in [0.15, 0.2) is 0 Å². The SMILES string of the molecule is CC(Cc1cccs1)NCC=Cc1ccccc1. The summed E-state index contributed by atoms with van der Waals surface area (Å²) in [7, 11) is 0. The van der Waals surface area contributed by atoms with Crippen molar-refractivity contribution in [3.05, 3.63) is 64.4 Å². The Kier molecular flexibility index (Phi) is 5.18. The lowest BCUT2D eigenvalue weighted by molar-refractivity contribution is 0.585. The van der Waals surface area contributed by atoms with Crippen LogP contribution in [-0.4, -0.2) is 12.6 Å². The topological polar surface area (TPSA) is 12.0 Å². The van der Waals surface area contributed by atoms with E-state index in [1.54, 1.807) is 0 Å². The number of hydrogen-bond donors (Lipinski definition) is 1. The van der Waals surface area contributed by atoms with Crippen LogP contribution >= 0.6 is 11.3 Å². The molecule has 0 aliphatic rings. The average molecular weight is 257 g/mol. The van der Waals surface area contributed by atoms with Gasteiger partial charge in [-0.3, -0.25) is 0 Å². The Morgan fingerprint density at radius 3 is 2.72 bits per heavy atom. The van der Waals surface area contributed by atoms with E-state index in [2.05, 4.69) is 66.2 Å². The summed E-state index contributed by atoms with van der Waals surface area (Å²) in [5, 5.41) is 5.65. The maximum atomic E-state index is 3.51. The second-order valence-corrected chi connectivity index (χ2v) is 5.44. The molecule has 2 heteroatoms. The molecule has 0 aliphatic carbocycles. The molecule has 1 heterocycles. The van der Waals surface area contributed by atoms with Crippen molar-refractivity contribution < 1.29 is 0 Å². The molecule has 0 aliphatic heterocycles. The van der Waals surface area contributed by atoms with Gasteiger partial charge in [-0.15, -0.1) is 11.3 Å². The van der Waals surface area contributed by atoms with Gasteiger partial charge < -0.3 is 5.32 Å². The molecular weight excluding hydrogens is 238 g/mol. The maximum Gasteiger partial charge on any atom is 0.0140 e. The molecule has 94 valence electrons. The van der Waals surface area contributed by atoms with E-state index in [0.717, 1.165) is 13.0 Å². The lowest BCUT2D eigenvalue weighted by atomic mass is 10.2. The van der Waals surface area contributed by atoms with Gasteiger partial charge in [-0.05, 0) is 30.4 Å².